The van der Waals surface area contributed by atoms with Crippen molar-refractivity contribution in [2.75, 3.05) is 37.9 Å². The molecule has 1 aromatic carbocycles. The molecule has 0 aliphatic rings. The van der Waals surface area contributed by atoms with Crippen molar-refractivity contribution in [3.63, 3.8) is 0 Å². The number of nitrogen functional groups attached to an aromatic ring is 1. The lowest BCUT2D eigenvalue weighted by Gasteiger charge is -2.14. The number of aliphatic hydroxyl groups excluding tert-OH is 1. The first-order valence-electron chi connectivity index (χ1n) is 10.4. The monoisotopic (exact) mass is 413 g/mol. The summed E-state index contributed by atoms with van der Waals surface area (Å²) in [5.74, 6) is 1.81. The van der Waals surface area contributed by atoms with Crippen LogP contribution in [0, 0.1) is 0 Å². The Labute approximate surface area is 177 Å². The van der Waals surface area contributed by atoms with Crippen LogP contribution in [0.2, 0.25) is 0 Å². The van der Waals surface area contributed by atoms with Crippen molar-refractivity contribution in [2.24, 2.45) is 0 Å². The number of hydrogen-bond acceptors (Lipinski definition) is 7. The Kier molecular flexibility index (Phi) is 7.87. The molecule has 30 heavy (non-hydrogen) atoms. The van der Waals surface area contributed by atoms with Gasteiger partial charge in [0, 0.05) is 18.3 Å². The molecule has 0 spiro atoms. The molecule has 8 nitrogen and oxygen atoms in total. The number of benzene rings is 1. The molecule has 4 N–H and O–H groups in total. The summed E-state index contributed by atoms with van der Waals surface area (Å²) in [4.78, 5) is 8.82. The average Bonchev–Trinajstić information content (AvgIpc) is 3.14. The lowest BCUT2D eigenvalue weighted by atomic mass is 10.1. The average molecular weight is 414 g/mol. The molecular formula is C22H31N5O3. The van der Waals surface area contributed by atoms with Crippen LogP contribution in [0.1, 0.15) is 37.3 Å². The molecule has 0 atom stereocenters. The number of fused-ring (bicyclic) bond motifs is 1. The van der Waals surface area contributed by atoms with Crippen LogP contribution in [0.5, 0.6) is 5.75 Å². The Morgan fingerprint density at radius 3 is 2.83 bits per heavy atom. The van der Waals surface area contributed by atoms with E-state index in [1.807, 2.05) is 30.5 Å². The zero-order chi connectivity index (χ0) is 21.3. The second kappa shape index (κ2) is 10.8. The largest absolute Gasteiger partial charge is 0.496 e. The number of nitrogens with one attached hydrogen (secondary N) is 1. The fraction of sp³-hybridized carbons (Fsp3) is 0.455. The Balaban J connectivity index is 1.84. The molecule has 0 saturated carbocycles. The maximum atomic E-state index is 8.86. The summed E-state index contributed by atoms with van der Waals surface area (Å²) in [5, 5.41) is 12.3. The molecule has 0 unspecified atom stereocenters. The van der Waals surface area contributed by atoms with Gasteiger partial charge < -0.3 is 30.2 Å². The van der Waals surface area contributed by atoms with Crippen LogP contribution in [0.25, 0.3) is 11.0 Å². The molecule has 3 aromatic rings. The van der Waals surface area contributed by atoms with Crippen molar-refractivity contribution < 1.29 is 14.6 Å². The Morgan fingerprint density at radius 2 is 2.07 bits per heavy atom. The predicted molar refractivity (Wildman–Crippen MR) is 119 cm³/mol. The van der Waals surface area contributed by atoms with Crippen molar-refractivity contribution >= 4 is 22.8 Å². The lowest BCUT2D eigenvalue weighted by Crippen LogP contribution is -2.09. The van der Waals surface area contributed by atoms with Gasteiger partial charge in [-0.2, -0.15) is 4.98 Å². The highest BCUT2D eigenvalue weighted by atomic mass is 16.5. The maximum absolute atomic E-state index is 8.86. The van der Waals surface area contributed by atoms with E-state index in [0.717, 1.165) is 46.7 Å². The number of anilines is 2. The third kappa shape index (κ3) is 5.40. The molecule has 2 heterocycles. The Hall–Kier alpha value is -2.84. The van der Waals surface area contributed by atoms with Crippen molar-refractivity contribution in [3.8, 4) is 5.75 Å². The summed E-state index contributed by atoms with van der Waals surface area (Å²) < 4.78 is 13.1. The molecule has 8 heteroatoms. The Morgan fingerprint density at radius 1 is 1.20 bits per heavy atom. The van der Waals surface area contributed by atoms with Crippen LogP contribution >= 0.6 is 0 Å². The van der Waals surface area contributed by atoms with E-state index in [2.05, 4.69) is 26.8 Å². The van der Waals surface area contributed by atoms with E-state index >= 15 is 0 Å². The van der Waals surface area contributed by atoms with Crippen LogP contribution in [0.15, 0.2) is 30.5 Å². The van der Waals surface area contributed by atoms with Gasteiger partial charge in [0.1, 0.15) is 11.3 Å². The summed E-state index contributed by atoms with van der Waals surface area (Å²) >= 11 is 0. The van der Waals surface area contributed by atoms with Crippen LogP contribution in [0.3, 0.4) is 0 Å². The van der Waals surface area contributed by atoms with E-state index in [1.54, 1.807) is 7.11 Å². The van der Waals surface area contributed by atoms with Crippen LogP contribution in [-0.4, -0.2) is 46.5 Å². The summed E-state index contributed by atoms with van der Waals surface area (Å²) in [5.41, 5.74) is 9.69. The van der Waals surface area contributed by atoms with E-state index in [0.29, 0.717) is 19.8 Å². The summed E-state index contributed by atoms with van der Waals surface area (Å²) in [6.07, 6.45) is 5.41. The molecular weight excluding hydrogens is 382 g/mol. The quantitative estimate of drug-likeness (QED) is 0.391. The summed E-state index contributed by atoms with van der Waals surface area (Å²) in [6, 6.07) is 7.97. The number of ether oxygens (including phenoxy) is 2. The van der Waals surface area contributed by atoms with Crippen molar-refractivity contribution in [1.82, 2.24) is 14.5 Å². The number of nitrogens with zero attached hydrogens (tertiary/aromatic N) is 3. The van der Waals surface area contributed by atoms with E-state index in [4.69, 9.17) is 20.3 Å². The fourth-order valence-corrected chi connectivity index (χ4v) is 3.41. The number of nitrogens with two attached hydrogens (primary N) is 1. The number of aromatic nitrogens is 3. The third-order valence-electron chi connectivity index (χ3n) is 4.90. The third-order valence-corrected chi connectivity index (χ3v) is 4.90. The van der Waals surface area contributed by atoms with Crippen LogP contribution in [0.4, 0.5) is 11.8 Å². The summed E-state index contributed by atoms with van der Waals surface area (Å²) in [6.45, 7) is 4.40. The maximum Gasteiger partial charge on any atom is 0.222 e. The first kappa shape index (κ1) is 21.9. The van der Waals surface area contributed by atoms with Crippen LogP contribution in [-0.2, 0) is 17.9 Å². The highest BCUT2D eigenvalue weighted by Gasteiger charge is 2.13. The van der Waals surface area contributed by atoms with Gasteiger partial charge in [-0.05, 0) is 24.1 Å². The van der Waals surface area contributed by atoms with E-state index in [-0.39, 0.29) is 12.6 Å². The molecule has 0 aliphatic carbocycles. The normalized spacial score (nSPS) is 11.2. The van der Waals surface area contributed by atoms with Gasteiger partial charge in [-0.1, -0.05) is 31.9 Å². The fourth-order valence-electron chi connectivity index (χ4n) is 3.41. The van der Waals surface area contributed by atoms with Crippen LogP contribution < -0.4 is 15.8 Å². The second-order valence-corrected chi connectivity index (χ2v) is 7.16. The van der Waals surface area contributed by atoms with Gasteiger partial charge in [-0.15, -0.1) is 0 Å². The number of hydrogen-bond donors (Lipinski definition) is 3. The minimum atomic E-state index is 0.0112. The highest BCUT2D eigenvalue weighted by Crippen LogP contribution is 2.27. The SMILES string of the molecule is CCCCCNc1nc(N)nc2ccn(Cc3ccc(COCCO)cc3OC)c12. The standard InChI is InChI=1S/C22H31N5O3/c1-3-4-5-9-24-21-20-18(25-22(23)26-21)8-10-27(20)14-17-7-6-16(13-19(17)29-2)15-30-12-11-28/h6-8,10,13,28H,3-5,9,11-12,14-15H2,1-2H3,(H3,23,24,25,26). The molecule has 0 radical (unpaired) electrons. The lowest BCUT2D eigenvalue weighted by molar-refractivity contribution is 0.0814. The smallest absolute Gasteiger partial charge is 0.222 e. The van der Waals surface area contributed by atoms with E-state index < -0.39 is 0 Å². The van der Waals surface area contributed by atoms with E-state index in [9.17, 15) is 0 Å². The van der Waals surface area contributed by atoms with Gasteiger partial charge >= 0.3 is 0 Å². The molecule has 3 rings (SSSR count). The molecule has 162 valence electrons. The van der Waals surface area contributed by atoms with Crippen molar-refractivity contribution in [3.05, 3.63) is 41.6 Å². The van der Waals surface area contributed by atoms with Gasteiger partial charge in [0.15, 0.2) is 5.82 Å². The molecule has 0 fully saturated rings. The minimum Gasteiger partial charge on any atom is -0.496 e. The van der Waals surface area contributed by atoms with Gasteiger partial charge in [0.05, 0.1) is 39.0 Å². The minimum absolute atomic E-state index is 0.0112. The molecule has 0 aliphatic heterocycles. The number of aliphatic hydroxyl groups is 1. The van der Waals surface area contributed by atoms with Crippen molar-refractivity contribution in [1.29, 1.82) is 0 Å². The zero-order valence-corrected chi connectivity index (χ0v) is 17.7. The second-order valence-electron chi connectivity index (χ2n) is 7.16. The zero-order valence-electron chi connectivity index (χ0n) is 17.7. The van der Waals surface area contributed by atoms with Gasteiger partial charge in [0.25, 0.3) is 0 Å². The van der Waals surface area contributed by atoms with Gasteiger partial charge in [0.2, 0.25) is 5.95 Å². The highest BCUT2D eigenvalue weighted by molar-refractivity contribution is 5.87. The molecule has 0 saturated heterocycles. The number of unbranched alkanes of at least 4 members (excludes halogenated alkanes) is 2. The first-order chi connectivity index (χ1) is 14.7. The van der Waals surface area contributed by atoms with E-state index in [1.165, 1.54) is 12.8 Å². The topological polar surface area (TPSA) is 107 Å². The Bertz CT molecular complexity index is 957. The first-order valence-corrected chi connectivity index (χ1v) is 10.4. The molecule has 2 aromatic heterocycles. The summed E-state index contributed by atoms with van der Waals surface area (Å²) in [7, 11) is 1.66. The predicted octanol–water partition coefficient (Wildman–Crippen LogP) is 3.18. The van der Waals surface area contributed by atoms with Gasteiger partial charge in [-0.25, -0.2) is 4.98 Å². The molecule has 0 amide bonds. The van der Waals surface area contributed by atoms with Crippen molar-refractivity contribution in [2.45, 2.75) is 39.3 Å². The molecule has 0 bridgehead atoms. The number of methoxy groups -OCH3 is 1. The number of rotatable bonds is 12. The van der Waals surface area contributed by atoms with Gasteiger partial charge in [-0.3, -0.25) is 0 Å².